The lowest BCUT2D eigenvalue weighted by atomic mass is 10.1. The normalized spacial score (nSPS) is 15.8. The van der Waals surface area contributed by atoms with E-state index < -0.39 is 0 Å². The van der Waals surface area contributed by atoms with E-state index in [9.17, 15) is 4.79 Å². The van der Waals surface area contributed by atoms with Gasteiger partial charge in [-0.3, -0.25) is 14.3 Å². The predicted octanol–water partition coefficient (Wildman–Crippen LogP) is 2.71. The highest BCUT2D eigenvalue weighted by Crippen LogP contribution is 2.31. The zero-order valence-electron chi connectivity index (χ0n) is 15.3. The molecule has 0 atom stereocenters. The Hall–Kier alpha value is -2.58. The maximum Gasteiger partial charge on any atom is 0.271 e. The minimum atomic E-state index is 0.0561. The first kappa shape index (κ1) is 16.6. The van der Waals surface area contributed by atoms with E-state index in [4.69, 9.17) is 0 Å². The average molecular weight is 380 g/mol. The summed E-state index contributed by atoms with van der Waals surface area (Å²) in [4.78, 5) is 23.0. The van der Waals surface area contributed by atoms with Crippen molar-refractivity contribution in [2.75, 3.05) is 13.1 Å². The van der Waals surface area contributed by atoms with Crippen LogP contribution in [0.2, 0.25) is 0 Å². The molecule has 7 nitrogen and oxygen atoms in total. The number of nitrogens with zero attached hydrogens (tertiary/aromatic N) is 5. The predicted molar refractivity (Wildman–Crippen MR) is 106 cm³/mol. The summed E-state index contributed by atoms with van der Waals surface area (Å²) in [7, 11) is 0. The number of rotatable bonds is 2. The third-order valence-electron chi connectivity index (χ3n) is 5.18. The minimum Gasteiger partial charge on any atom is -0.317 e. The topological polar surface area (TPSA) is 77.1 Å². The van der Waals surface area contributed by atoms with Crippen molar-refractivity contribution in [2.24, 2.45) is 0 Å². The molecule has 27 heavy (non-hydrogen) atoms. The number of nitrogens with one attached hydrogen (secondary N) is 1. The zero-order chi connectivity index (χ0) is 18.5. The van der Waals surface area contributed by atoms with E-state index in [0.717, 1.165) is 58.9 Å². The number of hydrogen-bond donors (Lipinski definition) is 1. The molecule has 4 aromatic heterocycles. The molecule has 1 N–H and O–H groups in total. The molecule has 1 aliphatic rings. The van der Waals surface area contributed by atoms with Crippen LogP contribution in [0.1, 0.15) is 30.3 Å². The van der Waals surface area contributed by atoms with E-state index in [1.807, 2.05) is 41.3 Å². The van der Waals surface area contributed by atoms with E-state index in [1.54, 1.807) is 6.33 Å². The fourth-order valence-electron chi connectivity index (χ4n) is 3.81. The summed E-state index contributed by atoms with van der Waals surface area (Å²) < 4.78 is 4.37. The van der Waals surface area contributed by atoms with Crippen molar-refractivity contribution in [3.8, 4) is 10.6 Å². The van der Waals surface area contributed by atoms with Crippen molar-refractivity contribution < 1.29 is 0 Å². The van der Waals surface area contributed by atoms with Crippen molar-refractivity contribution >= 4 is 27.1 Å². The summed E-state index contributed by atoms with van der Waals surface area (Å²) in [5, 5.41) is 8.02. The van der Waals surface area contributed by atoms with Crippen LogP contribution < -0.4 is 10.9 Å². The number of hydrogen-bond acceptors (Lipinski definition) is 6. The first-order valence-electron chi connectivity index (χ1n) is 9.15. The lowest BCUT2D eigenvalue weighted by Crippen LogP contribution is -2.34. The molecule has 0 amide bonds. The molecule has 5 heterocycles. The first-order chi connectivity index (χ1) is 13.1. The molecule has 5 rings (SSSR count). The van der Waals surface area contributed by atoms with E-state index in [-0.39, 0.29) is 11.6 Å². The molecule has 0 bridgehead atoms. The van der Waals surface area contributed by atoms with E-state index >= 15 is 0 Å². The van der Waals surface area contributed by atoms with Gasteiger partial charge < -0.3 is 5.32 Å². The summed E-state index contributed by atoms with van der Waals surface area (Å²) in [5.74, 6) is 0. The number of piperidine rings is 1. The van der Waals surface area contributed by atoms with Crippen LogP contribution in [-0.2, 0) is 0 Å². The molecule has 1 saturated heterocycles. The Labute approximate surface area is 159 Å². The van der Waals surface area contributed by atoms with Crippen molar-refractivity contribution in [1.29, 1.82) is 0 Å². The first-order valence-corrected chi connectivity index (χ1v) is 9.97. The maximum atomic E-state index is 13.0. The third kappa shape index (κ3) is 2.76. The van der Waals surface area contributed by atoms with Crippen molar-refractivity contribution in [3.63, 3.8) is 0 Å². The van der Waals surface area contributed by atoms with E-state index in [0.29, 0.717) is 4.70 Å². The highest BCUT2D eigenvalue weighted by molar-refractivity contribution is 7.22. The molecule has 0 spiro atoms. The Morgan fingerprint density at radius 1 is 1.22 bits per heavy atom. The lowest BCUT2D eigenvalue weighted by Gasteiger charge is -2.24. The van der Waals surface area contributed by atoms with Gasteiger partial charge in [-0.15, -0.1) is 11.3 Å². The SMILES string of the molecule is Cc1cn2nc(-c3cc4ncn(C5CCNCC5)c(=O)c4s3)cc2c(C)n1. The molecule has 4 aromatic rings. The Balaban J connectivity index is 1.61. The van der Waals surface area contributed by atoms with Gasteiger partial charge in [0.2, 0.25) is 0 Å². The fourth-order valence-corrected chi connectivity index (χ4v) is 4.81. The van der Waals surface area contributed by atoms with Crippen LogP contribution in [0.25, 0.3) is 26.3 Å². The monoisotopic (exact) mass is 380 g/mol. The maximum absolute atomic E-state index is 13.0. The summed E-state index contributed by atoms with van der Waals surface area (Å²) in [6, 6.07) is 4.22. The second kappa shape index (κ2) is 6.24. The van der Waals surface area contributed by atoms with Gasteiger partial charge in [-0.1, -0.05) is 0 Å². The van der Waals surface area contributed by atoms with Gasteiger partial charge in [0.05, 0.1) is 39.8 Å². The van der Waals surface area contributed by atoms with Crippen LogP contribution in [0.5, 0.6) is 0 Å². The number of thiophene rings is 1. The molecule has 138 valence electrons. The van der Waals surface area contributed by atoms with Crippen LogP contribution in [0.4, 0.5) is 0 Å². The smallest absolute Gasteiger partial charge is 0.271 e. The quantitative estimate of drug-likeness (QED) is 0.579. The van der Waals surface area contributed by atoms with Gasteiger partial charge >= 0.3 is 0 Å². The van der Waals surface area contributed by atoms with Crippen LogP contribution in [0.3, 0.4) is 0 Å². The lowest BCUT2D eigenvalue weighted by molar-refractivity contribution is 0.359. The largest absolute Gasteiger partial charge is 0.317 e. The molecular formula is C19H20N6OS. The number of aryl methyl sites for hydroxylation is 2. The molecule has 0 radical (unpaired) electrons. The highest BCUT2D eigenvalue weighted by Gasteiger charge is 2.19. The fraction of sp³-hybridized carbons (Fsp3) is 0.368. The summed E-state index contributed by atoms with van der Waals surface area (Å²) in [6.07, 6.45) is 5.55. The molecule has 0 saturated carbocycles. The molecule has 8 heteroatoms. The summed E-state index contributed by atoms with van der Waals surface area (Å²) >= 11 is 1.47. The minimum absolute atomic E-state index is 0.0561. The number of fused-ring (bicyclic) bond motifs is 2. The molecule has 1 fully saturated rings. The van der Waals surface area contributed by atoms with Crippen LogP contribution in [-0.4, -0.2) is 37.2 Å². The van der Waals surface area contributed by atoms with Gasteiger partial charge in [-0.25, -0.2) is 9.50 Å². The Morgan fingerprint density at radius 2 is 2.04 bits per heavy atom. The molecule has 1 aliphatic heterocycles. The van der Waals surface area contributed by atoms with E-state index in [1.165, 1.54) is 11.3 Å². The standard InChI is InChI=1S/C19H20N6OS/c1-11-9-25-16(12(2)22-11)7-14(23-25)17-8-15-18(27-17)19(26)24(10-21-15)13-3-5-20-6-4-13/h7-10,13,20H,3-6H2,1-2H3. The van der Waals surface area contributed by atoms with Crippen LogP contribution in [0.15, 0.2) is 29.5 Å². The van der Waals surface area contributed by atoms with Crippen LogP contribution in [0, 0.1) is 13.8 Å². The number of aromatic nitrogens is 5. The Bertz CT molecular complexity index is 1210. The second-order valence-corrected chi connectivity index (χ2v) is 8.14. The van der Waals surface area contributed by atoms with Gasteiger partial charge in [-0.2, -0.15) is 5.10 Å². The zero-order valence-corrected chi connectivity index (χ0v) is 16.1. The third-order valence-corrected chi connectivity index (χ3v) is 6.31. The van der Waals surface area contributed by atoms with Crippen molar-refractivity contribution in [3.05, 3.63) is 46.4 Å². The molecular weight excluding hydrogens is 360 g/mol. The van der Waals surface area contributed by atoms with Gasteiger partial charge in [-0.05, 0) is 51.9 Å². The summed E-state index contributed by atoms with van der Waals surface area (Å²) in [6.45, 7) is 5.83. The average Bonchev–Trinajstić information content (AvgIpc) is 3.27. The summed E-state index contributed by atoms with van der Waals surface area (Å²) in [5.41, 5.74) is 4.50. The Kier molecular flexibility index (Phi) is 3.84. The highest BCUT2D eigenvalue weighted by atomic mass is 32.1. The molecule has 0 aliphatic carbocycles. The van der Waals surface area contributed by atoms with Crippen molar-refractivity contribution in [2.45, 2.75) is 32.7 Å². The second-order valence-electron chi connectivity index (χ2n) is 7.09. The van der Waals surface area contributed by atoms with Gasteiger partial charge in [0.25, 0.3) is 5.56 Å². The molecule has 0 unspecified atom stereocenters. The Morgan fingerprint density at radius 3 is 2.85 bits per heavy atom. The van der Waals surface area contributed by atoms with Crippen molar-refractivity contribution in [1.82, 2.24) is 29.5 Å². The van der Waals surface area contributed by atoms with Gasteiger partial charge in [0.15, 0.2) is 0 Å². The van der Waals surface area contributed by atoms with Gasteiger partial charge in [0.1, 0.15) is 10.4 Å². The van der Waals surface area contributed by atoms with Crippen LogP contribution >= 0.6 is 11.3 Å². The van der Waals surface area contributed by atoms with Gasteiger partial charge in [0, 0.05) is 6.04 Å². The van der Waals surface area contributed by atoms with E-state index in [2.05, 4.69) is 20.4 Å². The molecule has 0 aromatic carbocycles.